The average Bonchev–Trinajstić information content (AvgIpc) is 3.14. The zero-order valence-corrected chi connectivity index (χ0v) is 10.1. The van der Waals surface area contributed by atoms with Crippen LogP contribution in [0.5, 0.6) is 0 Å². The van der Waals surface area contributed by atoms with E-state index in [2.05, 4.69) is 23.0 Å². The fourth-order valence-corrected chi connectivity index (χ4v) is 2.31. The van der Waals surface area contributed by atoms with Gasteiger partial charge in [0.1, 0.15) is 5.82 Å². The lowest BCUT2D eigenvalue weighted by Crippen LogP contribution is -2.36. The third-order valence-corrected chi connectivity index (χ3v) is 3.46. The quantitative estimate of drug-likeness (QED) is 0.730. The molecule has 1 aromatic heterocycles. The number of amides is 1. The summed E-state index contributed by atoms with van der Waals surface area (Å²) in [5.41, 5.74) is 1.15. The van der Waals surface area contributed by atoms with Crippen LogP contribution in [0.1, 0.15) is 18.4 Å². The monoisotopic (exact) mass is 231 g/mol. The topological polar surface area (TPSA) is 36.4 Å². The molecule has 0 unspecified atom stereocenters. The van der Waals surface area contributed by atoms with Gasteiger partial charge in [0.15, 0.2) is 0 Å². The van der Waals surface area contributed by atoms with Gasteiger partial charge in [0.05, 0.1) is 0 Å². The van der Waals surface area contributed by atoms with Gasteiger partial charge in [-0.15, -0.1) is 0 Å². The highest BCUT2D eigenvalue weighted by atomic mass is 16.2. The highest BCUT2D eigenvalue weighted by molar-refractivity contribution is 5.96. The number of aromatic nitrogens is 1. The fraction of sp³-hybridized carbons (Fsp3) is 0.538. The van der Waals surface area contributed by atoms with Crippen molar-refractivity contribution in [1.29, 1.82) is 0 Å². The number of hydrogen-bond acceptors (Lipinski definition) is 3. The summed E-state index contributed by atoms with van der Waals surface area (Å²) in [5, 5.41) is 0. The zero-order chi connectivity index (χ0) is 11.8. The molecule has 1 aliphatic heterocycles. The van der Waals surface area contributed by atoms with E-state index in [1.807, 2.05) is 11.0 Å². The Morgan fingerprint density at radius 2 is 2.24 bits per heavy atom. The molecule has 17 heavy (non-hydrogen) atoms. The number of hydrogen-bond donors (Lipinski definition) is 0. The number of rotatable bonds is 1. The van der Waals surface area contributed by atoms with Crippen LogP contribution in [0.3, 0.4) is 0 Å². The van der Waals surface area contributed by atoms with Gasteiger partial charge in [-0.05, 0) is 26.0 Å². The van der Waals surface area contributed by atoms with Gasteiger partial charge in [-0.25, -0.2) is 4.98 Å². The smallest absolute Gasteiger partial charge is 0.231 e. The second-order valence-corrected chi connectivity index (χ2v) is 4.99. The Kier molecular flexibility index (Phi) is 2.59. The first-order valence-corrected chi connectivity index (χ1v) is 6.19. The molecular weight excluding hydrogens is 214 g/mol. The maximum absolute atomic E-state index is 12.2. The first kappa shape index (κ1) is 10.7. The van der Waals surface area contributed by atoms with E-state index in [0.29, 0.717) is 0 Å². The van der Waals surface area contributed by atoms with E-state index in [0.717, 1.165) is 43.9 Å². The maximum atomic E-state index is 12.2. The number of carbonyl (C=O) groups excluding carboxylic acids is 1. The van der Waals surface area contributed by atoms with E-state index >= 15 is 0 Å². The summed E-state index contributed by atoms with van der Waals surface area (Å²) < 4.78 is 0. The van der Waals surface area contributed by atoms with Crippen LogP contribution in [0.2, 0.25) is 0 Å². The molecule has 0 atom stereocenters. The molecule has 4 nitrogen and oxygen atoms in total. The minimum Gasteiger partial charge on any atom is -0.300 e. The van der Waals surface area contributed by atoms with E-state index in [-0.39, 0.29) is 11.8 Å². The van der Waals surface area contributed by atoms with Crippen molar-refractivity contribution < 1.29 is 4.79 Å². The molecule has 4 heteroatoms. The first-order valence-electron chi connectivity index (χ1n) is 6.19. The molecule has 0 aromatic carbocycles. The Morgan fingerprint density at radius 1 is 1.41 bits per heavy atom. The number of likely N-dealkylation sites (N-methyl/N-ethyl adjacent to an activating group) is 1. The number of fused-ring (bicyclic) bond motifs is 1. The summed E-state index contributed by atoms with van der Waals surface area (Å²) in [6.45, 7) is 2.54. The molecule has 0 spiro atoms. The molecule has 1 aromatic rings. The predicted octanol–water partition coefficient (Wildman–Crippen LogP) is 1.27. The molecule has 0 bridgehead atoms. The Bertz CT molecular complexity index is 442. The summed E-state index contributed by atoms with van der Waals surface area (Å²) in [6.07, 6.45) is 3.87. The van der Waals surface area contributed by atoms with E-state index in [4.69, 9.17) is 0 Å². The lowest BCUT2D eigenvalue weighted by molar-refractivity contribution is -0.119. The summed E-state index contributed by atoms with van der Waals surface area (Å²) in [4.78, 5) is 20.8. The van der Waals surface area contributed by atoms with Crippen LogP contribution in [-0.2, 0) is 11.3 Å². The molecule has 0 saturated heterocycles. The number of nitrogens with zero attached hydrogens (tertiary/aromatic N) is 3. The molecule has 3 rings (SSSR count). The van der Waals surface area contributed by atoms with Crippen LogP contribution in [0.15, 0.2) is 18.3 Å². The second kappa shape index (κ2) is 4.11. The molecule has 90 valence electrons. The van der Waals surface area contributed by atoms with Crippen LogP contribution in [0.25, 0.3) is 0 Å². The Morgan fingerprint density at radius 3 is 3.00 bits per heavy atom. The van der Waals surface area contributed by atoms with Gasteiger partial charge in [-0.2, -0.15) is 0 Å². The Balaban J connectivity index is 1.95. The van der Waals surface area contributed by atoms with E-state index in [1.165, 1.54) is 0 Å². The van der Waals surface area contributed by atoms with Gasteiger partial charge in [0.25, 0.3) is 0 Å². The third-order valence-electron chi connectivity index (χ3n) is 3.46. The normalized spacial score (nSPS) is 20.9. The van der Waals surface area contributed by atoms with Crippen LogP contribution < -0.4 is 4.90 Å². The standard InChI is InChI=1S/C13H17N3O/c1-15-7-8-16(13(17)10-4-5-10)12-11(9-15)3-2-6-14-12/h2-3,6,10H,4-5,7-9H2,1H3. The van der Waals surface area contributed by atoms with Crippen LogP contribution in [0.4, 0.5) is 5.82 Å². The number of pyridine rings is 1. The SMILES string of the molecule is CN1CCN(C(=O)C2CC2)c2ncccc2C1. The number of anilines is 1. The zero-order valence-electron chi connectivity index (χ0n) is 10.1. The average molecular weight is 231 g/mol. The van der Waals surface area contributed by atoms with Gasteiger partial charge >= 0.3 is 0 Å². The van der Waals surface area contributed by atoms with E-state index < -0.39 is 0 Å². The van der Waals surface area contributed by atoms with Gasteiger partial charge in [-0.1, -0.05) is 6.07 Å². The lowest BCUT2D eigenvalue weighted by atomic mass is 10.2. The van der Waals surface area contributed by atoms with Gasteiger partial charge in [-0.3, -0.25) is 9.69 Å². The predicted molar refractivity (Wildman–Crippen MR) is 65.6 cm³/mol. The van der Waals surface area contributed by atoms with Gasteiger partial charge in [0.2, 0.25) is 5.91 Å². The molecule has 1 aliphatic carbocycles. The van der Waals surface area contributed by atoms with Crippen molar-refractivity contribution in [2.24, 2.45) is 5.92 Å². The van der Waals surface area contributed by atoms with E-state index in [9.17, 15) is 4.79 Å². The largest absolute Gasteiger partial charge is 0.300 e. The summed E-state index contributed by atoms with van der Waals surface area (Å²) in [7, 11) is 2.09. The Labute approximate surface area is 101 Å². The summed E-state index contributed by atoms with van der Waals surface area (Å²) >= 11 is 0. The minimum atomic E-state index is 0.258. The molecule has 1 amide bonds. The van der Waals surface area contributed by atoms with Crippen molar-refractivity contribution in [3.05, 3.63) is 23.9 Å². The second-order valence-electron chi connectivity index (χ2n) is 4.99. The molecular formula is C13H17N3O. The molecule has 1 saturated carbocycles. The minimum absolute atomic E-state index is 0.258. The highest BCUT2D eigenvalue weighted by Crippen LogP contribution is 2.33. The summed E-state index contributed by atoms with van der Waals surface area (Å²) in [5.74, 6) is 1.39. The van der Waals surface area contributed by atoms with Gasteiger partial charge < -0.3 is 4.90 Å². The maximum Gasteiger partial charge on any atom is 0.231 e. The van der Waals surface area contributed by atoms with Gasteiger partial charge in [0, 0.05) is 37.3 Å². The molecule has 2 heterocycles. The van der Waals surface area contributed by atoms with Crippen molar-refractivity contribution in [3.63, 3.8) is 0 Å². The molecule has 0 N–H and O–H groups in total. The summed E-state index contributed by atoms with van der Waals surface area (Å²) in [6, 6.07) is 4.01. The molecule has 2 aliphatic rings. The van der Waals surface area contributed by atoms with Crippen molar-refractivity contribution in [1.82, 2.24) is 9.88 Å². The van der Waals surface area contributed by atoms with Crippen molar-refractivity contribution in [2.75, 3.05) is 25.0 Å². The van der Waals surface area contributed by atoms with Crippen molar-refractivity contribution in [3.8, 4) is 0 Å². The molecule has 0 radical (unpaired) electrons. The first-order chi connectivity index (χ1) is 8.25. The lowest BCUT2D eigenvalue weighted by Gasteiger charge is -2.21. The van der Waals surface area contributed by atoms with Crippen LogP contribution >= 0.6 is 0 Å². The molecule has 1 fully saturated rings. The third kappa shape index (κ3) is 2.05. The number of carbonyl (C=O) groups is 1. The van der Waals surface area contributed by atoms with Crippen molar-refractivity contribution >= 4 is 11.7 Å². The fourth-order valence-electron chi connectivity index (χ4n) is 2.31. The Hall–Kier alpha value is -1.42. The highest BCUT2D eigenvalue weighted by Gasteiger charge is 2.35. The van der Waals surface area contributed by atoms with E-state index in [1.54, 1.807) is 6.20 Å². The van der Waals surface area contributed by atoms with Crippen molar-refractivity contribution in [2.45, 2.75) is 19.4 Å². The van der Waals surface area contributed by atoms with Crippen LogP contribution in [-0.4, -0.2) is 35.9 Å². The van der Waals surface area contributed by atoms with Crippen LogP contribution in [0, 0.1) is 5.92 Å².